The maximum atomic E-state index is 12.2. The lowest BCUT2D eigenvalue weighted by molar-refractivity contribution is 0.0932. The van der Waals surface area contributed by atoms with Crippen LogP contribution in [0.4, 0.5) is 0 Å². The highest BCUT2D eigenvalue weighted by Crippen LogP contribution is 2.23. The third-order valence-electron chi connectivity index (χ3n) is 3.12. The third kappa shape index (κ3) is 3.35. The van der Waals surface area contributed by atoms with Crippen LogP contribution in [0.15, 0.2) is 54.0 Å². The summed E-state index contributed by atoms with van der Waals surface area (Å²) in [5, 5.41) is 15.0. The summed E-state index contributed by atoms with van der Waals surface area (Å²) in [5.41, 5.74) is 1.47. The van der Waals surface area contributed by atoms with Gasteiger partial charge in [-0.2, -0.15) is 15.4 Å². The minimum absolute atomic E-state index is 0.0726. The molecule has 5 nitrogen and oxygen atoms in total. The highest BCUT2D eigenvalue weighted by molar-refractivity contribution is 7.10. The molecule has 0 fully saturated rings. The number of hydrogen-bond donors (Lipinski definition) is 2. The molecule has 2 N–H and O–H groups in total. The van der Waals surface area contributed by atoms with Crippen molar-refractivity contribution in [1.82, 2.24) is 20.7 Å². The van der Waals surface area contributed by atoms with Gasteiger partial charge in [-0.05, 0) is 23.4 Å². The topological polar surface area (TPSA) is 70.7 Å². The summed E-state index contributed by atoms with van der Waals surface area (Å²) in [6, 6.07) is 14.0. The molecule has 0 saturated carbocycles. The van der Waals surface area contributed by atoms with E-state index in [0.29, 0.717) is 5.69 Å². The van der Waals surface area contributed by atoms with Crippen molar-refractivity contribution in [3.8, 4) is 0 Å². The van der Waals surface area contributed by atoms with Gasteiger partial charge in [0, 0.05) is 4.88 Å². The van der Waals surface area contributed by atoms with Gasteiger partial charge < -0.3 is 5.32 Å². The van der Waals surface area contributed by atoms with Crippen LogP contribution in [0.3, 0.4) is 0 Å². The number of aromatic nitrogens is 3. The van der Waals surface area contributed by atoms with E-state index in [0.717, 1.165) is 11.3 Å². The average molecular weight is 298 g/mol. The van der Waals surface area contributed by atoms with Crippen molar-refractivity contribution in [1.29, 1.82) is 0 Å². The van der Waals surface area contributed by atoms with E-state index >= 15 is 0 Å². The fourth-order valence-corrected chi connectivity index (χ4v) is 2.88. The van der Waals surface area contributed by atoms with Gasteiger partial charge in [0.1, 0.15) is 0 Å². The quantitative estimate of drug-likeness (QED) is 0.760. The first-order chi connectivity index (χ1) is 10.3. The number of aromatic amines is 1. The Hall–Kier alpha value is -2.47. The molecule has 1 amide bonds. The molecular weight excluding hydrogens is 284 g/mol. The minimum Gasteiger partial charge on any atom is -0.343 e. The Morgan fingerprint density at radius 2 is 2.10 bits per heavy atom. The molecule has 1 atom stereocenters. The van der Waals surface area contributed by atoms with Crippen molar-refractivity contribution in [3.63, 3.8) is 0 Å². The summed E-state index contributed by atoms with van der Waals surface area (Å²) < 4.78 is 0. The molecule has 0 aliphatic carbocycles. The Kier molecular flexibility index (Phi) is 4.07. The van der Waals surface area contributed by atoms with E-state index in [2.05, 4.69) is 32.9 Å². The number of carbonyl (C=O) groups is 1. The van der Waals surface area contributed by atoms with Gasteiger partial charge >= 0.3 is 0 Å². The molecule has 6 heteroatoms. The number of amides is 1. The van der Waals surface area contributed by atoms with Crippen LogP contribution in [0.1, 0.15) is 27.0 Å². The number of carbonyl (C=O) groups excluding carboxylic acids is 1. The van der Waals surface area contributed by atoms with E-state index in [1.54, 1.807) is 11.3 Å². The van der Waals surface area contributed by atoms with E-state index in [9.17, 15) is 4.79 Å². The standard InChI is InChI=1S/C15H14N4OS/c20-15(13-10-16-19-18-13)17-12(14-7-4-8-21-14)9-11-5-2-1-3-6-11/h1-8,10,12H,9H2,(H,17,20)(H,16,18,19)/t12-/m0/s1. The van der Waals surface area contributed by atoms with Crippen LogP contribution in [-0.4, -0.2) is 21.3 Å². The largest absolute Gasteiger partial charge is 0.343 e. The van der Waals surface area contributed by atoms with Crippen molar-refractivity contribution >= 4 is 17.2 Å². The van der Waals surface area contributed by atoms with Crippen molar-refractivity contribution in [3.05, 3.63) is 70.2 Å². The first kappa shape index (κ1) is 13.5. The summed E-state index contributed by atoms with van der Waals surface area (Å²) in [5.74, 6) is -0.224. The molecule has 0 spiro atoms. The number of rotatable bonds is 5. The van der Waals surface area contributed by atoms with Gasteiger partial charge in [-0.1, -0.05) is 36.4 Å². The monoisotopic (exact) mass is 298 g/mol. The summed E-state index contributed by atoms with van der Waals surface area (Å²) in [7, 11) is 0. The summed E-state index contributed by atoms with van der Waals surface area (Å²) >= 11 is 1.63. The molecule has 2 aromatic heterocycles. The second kappa shape index (κ2) is 6.32. The number of nitrogens with one attached hydrogen (secondary N) is 2. The van der Waals surface area contributed by atoms with E-state index in [1.807, 2.05) is 35.7 Å². The number of nitrogens with zero attached hydrogens (tertiary/aromatic N) is 2. The third-order valence-corrected chi connectivity index (χ3v) is 4.11. The molecule has 0 radical (unpaired) electrons. The SMILES string of the molecule is O=C(N[C@@H](Cc1ccccc1)c1cccs1)c1cn[nH]n1. The van der Waals surface area contributed by atoms with E-state index < -0.39 is 0 Å². The molecule has 1 aromatic carbocycles. The fourth-order valence-electron chi connectivity index (χ4n) is 2.11. The molecule has 106 valence electrons. The zero-order valence-electron chi connectivity index (χ0n) is 11.2. The fraction of sp³-hybridized carbons (Fsp3) is 0.133. The molecule has 0 aliphatic rings. The van der Waals surface area contributed by atoms with Crippen LogP contribution in [0.2, 0.25) is 0 Å². The molecule has 2 heterocycles. The lowest BCUT2D eigenvalue weighted by Gasteiger charge is -2.17. The average Bonchev–Trinajstić information content (AvgIpc) is 3.21. The maximum absolute atomic E-state index is 12.2. The van der Waals surface area contributed by atoms with Gasteiger partial charge in [-0.15, -0.1) is 11.3 Å². The van der Waals surface area contributed by atoms with Crippen LogP contribution in [0, 0.1) is 0 Å². The van der Waals surface area contributed by atoms with Gasteiger partial charge in [0.05, 0.1) is 12.2 Å². The van der Waals surface area contributed by atoms with Gasteiger partial charge in [-0.25, -0.2) is 0 Å². The normalized spacial score (nSPS) is 12.0. The molecule has 3 rings (SSSR count). The first-order valence-electron chi connectivity index (χ1n) is 6.57. The zero-order chi connectivity index (χ0) is 14.5. The lowest BCUT2D eigenvalue weighted by atomic mass is 10.0. The van der Waals surface area contributed by atoms with Crippen molar-refractivity contribution in [2.45, 2.75) is 12.5 Å². The smallest absolute Gasteiger partial charge is 0.273 e. The molecule has 0 unspecified atom stereocenters. The van der Waals surface area contributed by atoms with Crippen LogP contribution < -0.4 is 5.32 Å². The van der Waals surface area contributed by atoms with Gasteiger partial charge in [0.25, 0.3) is 5.91 Å². The van der Waals surface area contributed by atoms with Gasteiger partial charge in [0.15, 0.2) is 5.69 Å². The maximum Gasteiger partial charge on any atom is 0.273 e. The van der Waals surface area contributed by atoms with Crippen molar-refractivity contribution in [2.75, 3.05) is 0 Å². The molecule has 0 aliphatic heterocycles. The molecular formula is C15H14N4OS. The number of hydrogen-bond acceptors (Lipinski definition) is 4. The van der Waals surface area contributed by atoms with Crippen LogP contribution in [0.25, 0.3) is 0 Å². The van der Waals surface area contributed by atoms with E-state index in [1.165, 1.54) is 11.8 Å². The second-order valence-corrected chi connectivity index (χ2v) is 5.57. The minimum atomic E-state index is -0.224. The van der Waals surface area contributed by atoms with E-state index in [-0.39, 0.29) is 11.9 Å². The number of thiophene rings is 1. The Bertz CT molecular complexity index is 680. The van der Waals surface area contributed by atoms with Crippen LogP contribution in [0.5, 0.6) is 0 Å². The van der Waals surface area contributed by atoms with E-state index in [4.69, 9.17) is 0 Å². The highest BCUT2D eigenvalue weighted by atomic mass is 32.1. The first-order valence-corrected chi connectivity index (χ1v) is 7.45. The molecule has 3 aromatic rings. The predicted molar refractivity (Wildman–Crippen MR) is 81.1 cm³/mol. The number of benzene rings is 1. The summed E-state index contributed by atoms with van der Waals surface area (Å²) in [6.45, 7) is 0. The molecule has 21 heavy (non-hydrogen) atoms. The lowest BCUT2D eigenvalue weighted by Crippen LogP contribution is -2.29. The zero-order valence-corrected chi connectivity index (χ0v) is 12.0. The Balaban J connectivity index is 1.78. The second-order valence-electron chi connectivity index (χ2n) is 4.59. The number of H-pyrrole nitrogens is 1. The van der Waals surface area contributed by atoms with Crippen molar-refractivity contribution in [2.24, 2.45) is 0 Å². The summed E-state index contributed by atoms with van der Waals surface area (Å²) in [6.07, 6.45) is 2.16. The van der Waals surface area contributed by atoms with Crippen LogP contribution >= 0.6 is 11.3 Å². The van der Waals surface area contributed by atoms with Crippen molar-refractivity contribution < 1.29 is 4.79 Å². The van der Waals surface area contributed by atoms with Gasteiger partial charge in [0.2, 0.25) is 0 Å². The summed E-state index contributed by atoms with van der Waals surface area (Å²) in [4.78, 5) is 13.3. The highest BCUT2D eigenvalue weighted by Gasteiger charge is 2.18. The van der Waals surface area contributed by atoms with Gasteiger partial charge in [-0.3, -0.25) is 4.79 Å². The molecule has 0 saturated heterocycles. The Morgan fingerprint density at radius 1 is 1.24 bits per heavy atom. The Labute approximate surface area is 126 Å². The Morgan fingerprint density at radius 3 is 2.76 bits per heavy atom. The predicted octanol–water partition coefficient (Wildman–Crippen LogP) is 2.58. The van der Waals surface area contributed by atoms with Crippen LogP contribution in [-0.2, 0) is 6.42 Å². The molecule has 0 bridgehead atoms.